The number of nitrogen functional groups attached to an aromatic ring is 1. The fourth-order valence-electron chi connectivity index (χ4n) is 2.43. The highest BCUT2D eigenvalue weighted by atomic mass is 15.1. The number of hydrogen-bond acceptors (Lipinski definition) is 2. The summed E-state index contributed by atoms with van der Waals surface area (Å²) in [6, 6.07) is 14.3. The highest BCUT2D eigenvalue weighted by Gasteiger charge is 2.06. The van der Waals surface area contributed by atoms with Crippen LogP contribution in [-0.4, -0.2) is 12.9 Å². The van der Waals surface area contributed by atoms with Gasteiger partial charge in [0.15, 0.2) is 0 Å². The van der Waals surface area contributed by atoms with Crippen LogP contribution in [0.4, 0.5) is 5.69 Å². The lowest BCUT2D eigenvalue weighted by Crippen LogP contribution is -2.18. The summed E-state index contributed by atoms with van der Waals surface area (Å²) in [5.74, 6) is 0.112. The zero-order chi connectivity index (χ0) is 14.7. The second-order valence-electron chi connectivity index (χ2n) is 5.26. The van der Waals surface area contributed by atoms with Crippen molar-refractivity contribution in [1.29, 1.82) is 5.41 Å². The van der Waals surface area contributed by atoms with E-state index in [0.717, 1.165) is 17.7 Å². The summed E-state index contributed by atoms with van der Waals surface area (Å²) in [6.07, 6.45) is 0. The average Bonchev–Trinajstić information content (AvgIpc) is 2.38. The van der Waals surface area contributed by atoms with Crippen LogP contribution in [0.5, 0.6) is 0 Å². The number of nitrogens with two attached hydrogens (primary N) is 1. The van der Waals surface area contributed by atoms with E-state index in [1.165, 1.54) is 16.8 Å². The third-order valence-corrected chi connectivity index (χ3v) is 3.42. The van der Waals surface area contributed by atoms with Crippen LogP contribution < -0.4 is 10.6 Å². The molecule has 0 bridgehead atoms. The molecule has 0 aliphatic rings. The fourth-order valence-corrected chi connectivity index (χ4v) is 2.43. The van der Waals surface area contributed by atoms with E-state index in [0.29, 0.717) is 0 Å². The van der Waals surface area contributed by atoms with Crippen molar-refractivity contribution in [3.05, 3.63) is 64.7 Å². The van der Waals surface area contributed by atoms with E-state index in [9.17, 15) is 0 Å². The molecule has 0 fully saturated rings. The van der Waals surface area contributed by atoms with Crippen LogP contribution in [0.15, 0.2) is 42.5 Å². The largest absolute Gasteiger partial charge is 0.384 e. The molecule has 0 saturated heterocycles. The zero-order valence-electron chi connectivity index (χ0n) is 12.3. The summed E-state index contributed by atoms with van der Waals surface area (Å²) < 4.78 is 0. The van der Waals surface area contributed by atoms with Crippen molar-refractivity contribution in [2.45, 2.75) is 20.4 Å². The third-order valence-electron chi connectivity index (χ3n) is 3.42. The molecule has 0 amide bonds. The number of anilines is 1. The van der Waals surface area contributed by atoms with Gasteiger partial charge in [0.2, 0.25) is 0 Å². The monoisotopic (exact) mass is 267 g/mol. The summed E-state index contributed by atoms with van der Waals surface area (Å²) in [5.41, 5.74) is 11.2. The molecule has 3 nitrogen and oxygen atoms in total. The van der Waals surface area contributed by atoms with Crippen molar-refractivity contribution in [1.82, 2.24) is 0 Å². The standard InChI is InChI=1S/C17H21N3/c1-12-7-8-16(13(2)9-12)20(3)11-14-5-4-6-15(10-14)17(18)19/h4-10H,11H2,1-3H3,(H3,18,19). The van der Waals surface area contributed by atoms with Gasteiger partial charge < -0.3 is 10.6 Å². The van der Waals surface area contributed by atoms with Crippen LogP contribution in [0.2, 0.25) is 0 Å². The first-order valence-electron chi connectivity index (χ1n) is 6.69. The lowest BCUT2D eigenvalue weighted by atomic mass is 10.1. The van der Waals surface area contributed by atoms with Crippen molar-refractivity contribution in [2.75, 3.05) is 11.9 Å². The van der Waals surface area contributed by atoms with Crippen LogP contribution >= 0.6 is 0 Å². The Bertz CT molecular complexity index is 632. The average molecular weight is 267 g/mol. The minimum Gasteiger partial charge on any atom is -0.384 e. The minimum absolute atomic E-state index is 0.112. The summed E-state index contributed by atoms with van der Waals surface area (Å²) in [7, 11) is 2.08. The normalized spacial score (nSPS) is 10.3. The first-order chi connectivity index (χ1) is 9.47. The molecule has 0 saturated carbocycles. The lowest BCUT2D eigenvalue weighted by Gasteiger charge is -2.22. The van der Waals surface area contributed by atoms with Crippen molar-refractivity contribution in [3.63, 3.8) is 0 Å². The SMILES string of the molecule is Cc1ccc(N(C)Cc2cccc(C(=N)N)c2)c(C)c1. The lowest BCUT2D eigenvalue weighted by molar-refractivity contribution is 0.916. The molecule has 0 atom stereocenters. The van der Waals surface area contributed by atoms with Gasteiger partial charge in [0.25, 0.3) is 0 Å². The maximum absolute atomic E-state index is 7.50. The molecule has 0 unspecified atom stereocenters. The molecule has 104 valence electrons. The van der Waals surface area contributed by atoms with Crippen LogP contribution in [0.1, 0.15) is 22.3 Å². The second kappa shape index (κ2) is 5.78. The maximum Gasteiger partial charge on any atom is 0.122 e. The number of amidine groups is 1. The van der Waals surface area contributed by atoms with Crippen LogP contribution in [0, 0.1) is 19.3 Å². The molecule has 2 rings (SSSR count). The van der Waals surface area contributed by atoms with Crippen molar-refractivity contribution < 1.29 is 0 Å². The Morgan fingerprint density at radius 2 is 1.90 bits per heavy atom. The van der Waals surface area contributed by atoms with Gasteiger partial charge >= 0.3 is 0 Å². The summed E-state index contributed by atoms with van der Waals surface area (Å²) in [5, 5.41) is 7.50. The Morgan fingerprint density at radius 1 is 1.15 bits per heavy atom. The van der Waals surface area contributed by atoms with E-state index in [1.807, 2.05) is 18.2 Å². The number of hydrogen-bond donors (Lipinski definition) is 2. The Labute approximate surface area is 120 Å². The quantitative estimate of drug-likeness (QED) is 0.660. The Balaban J connectivity index is 2.21. The topological polar surface area (TPSA) is 53.1 Å². The number of nitrogens with one attached hydrogen (secondary N) is 1. The number of benzene rings is 2. The molecular weight excluding hydrogens is 246 g/mol. The minimum atomic E-state index is 0.112. The summed E-state index contributed by atoms with van der Waals surface area (Å²) in [4.78, 5) is 2.22. The first kappa shape index (κ1) is 14.1. The van der Waals surface area contributed by atoms with E-state index in [2.05, 4.69) is 50.1 Å². The van der Waals surface area contributed by atoms with E-state index >= 15 is 0 Å². The van der Waals surface area contributed by atoms with Gasteiger partial charge in [0.1, 0.15) is 5.84 Å². The Morgan fingerprint density at radius 3 is 2.55 bits per heavy atom. The number of nitrogens with zero attached hydrogens (tertiary/aromatic N) is 1. The molecule has 0 aliphatic carbocycles. The highest BCUT2D eigenvalue weighted by Crippen LogP contribution is 2.21. The van der Waals surface area contributed by atoms with Crippen molar-refractivity contribution >= 4 is 11.5 Å². The molecule has 20 heavy (non-hydrogen) atoms. The maximum atomic E-state index is 7.50. The van der Waals surface area contributed by atoms with Gasteiger partial charge in [0, 0.05) is 24.8 Å². The van der Waals surface area contributed by atoms with Gasteiger partial charge in [-0.3, -0.25) is 5.41 Å². The van der Waals surface area contributed by atoms with Gasteiger partial charge in [-0.2, -0.15) is 0 Å². The van der Waals surface area contributed by atoms with Crippen molar-refractivity contribution in [3.8, 4) is 0 Å². The van der Waals surface area contributed by atoms with Crippen LogP contribution in [0.3, 0.4) is 0 Å². The van der Waals surface area contributed by atoms with Gasteiger partial charge in [-0.1, -0.05) is 35.9 Å². The molecule has 2 aromatic rings. The molecule has 3 heteroatoms. The molecule has 2 aromatic carbocycles. The first-order valence-corrected chi connectivity index (χ1v) is 6.69. The van der Waals surface area contributed by atoms with E-state index in [-0.39, 0.29) is 5.84 Å². The van der Waals surface area contributed by atoms with E-state index in [4.69, 9.17) is 11.1 Å². The van der Waals surface area contributed by atoms with Crippen LogP contribution in [-0.2, 0) is 6.54 Å². The molecule has 3 N–H and O–H groups in total. The second-order valence-corrected chi connectivity index (χ2v) is 5.26. The highest BCUT2D eigenvalue weighted by molar-refractivity contribution is 5.95. The van der Waals surface area contributed by atoms with Gasteiger partial charge in [-0.05, 0) is 37.1 Å². The molecular formula is C17H21N3. The molecule has 0 radical (unpaired) electrons. The number of aryl methyl sites for hydroxylation is 2. The van der Waals surface area contributed by atoms with Crippen molar-refractivity contribution in [2.24, 2.45) is 5.73 Å². The summed E-state index contributed by atoms with van der Waals surface area (Å²) >= 11 is 0. The van der Waals surface area contributed by atoms with Gasteiger partial charge in [-0.15, -0.1) is 0 Å². The molecule has 0 heterocycles. The smallest absolute Gasteiger partial charge is 0.122 e. The van der Waals surface area contributed by atoms with E-state index in [1.54, 1.807) is 0 Å². The molecule has 0 aromatic heterocycles. The van der Waals surface area contributed by atoms with Crippen LogP contribution in [0.25, 0.3) is 0 Å². The molecule has 0 aliphatic heterocycles. The van der Waals surface area contributed by atoms with E-state index < -0.39 is 0 Å². The number of rotatable bonds is 4. The van der Waals surface area contributed by atoms with Gasteiger partial charge in [0.05, 0.1) is 0 Å². The fraction of sp³-hybridized carbons (Fsp3) is 0.235. The third kappa shape index (κ3) is 3.18. The zero-order valence-corrected chi connectivity index (χ0v) is 12.3. The predicted octanol–water partition coefficient (Wildman–Crippen LogP) is 3.22. The molecule has 0 spiro atoms. The summed E-state index contributed by atoms with van der Waals surface area (Å²) in [6.45, 7) is 5.03. The predicted molar refractivity (Wildman–Crippen MR) is 85.5 cm³/mol. The Kier molecular flexibility index (Phi) is 4.08. The Hall–Kier alpha value is -2.29. The van der Waals surface area contributed by atoms with Gasteiger partial charge in [-0.25, -0.2) is 0 Å².